The lowest BCUT2D eigenvalue weighted by molar-refractivity contribution is 0.148. The van der Waals surface area contributed by atoms with Crippen LogP contribution in [0.25, 0.3) is 54.2 Å². The Morgan fingerprint density at radius 1 is 0.368 bits per heavy atom. The van der Waals surface area contributed by atoms with Crippen LogP contribution in [0.15, 0.2) is 97.1 Å². The Labute approximate surface area is 222 Å². The van der Waals surface area contributed by atoms with E-state index in [0.29, 0.717) is 26.4 Å². The van der Waals surface area contributed by atoms with Crippen molar-refractivity contribution in [3.05, 3.63) is 97.1 Å². The van der Waals surface area contributed by atoms with Crippen molar-refractivity contribution in [1.29, 1.82) is 0 Å². The van der Waals surface area contributed by atoms with Crippen LogP contribution in [0.2, 0.25) is 0 Å². The minimum Gasteiger partial charge on any atom is -0.490 e. The van der Waals surface area contributed by atoms with Crippen LogP contribution in [0.5, 0.6) is 11.5 Å². The Bertz CT molecular complexity index is 1510. The summed E-state index contributed by atoms with van der Waals surface area (Å²) in [5.41, 5.74) is 2.40. The van der Waals surface area contributed by atoms with E-state index in [0.717, 1.165) is 54.6 Å². The van der Waals surface area contributed by atoms with Crippen molar-refractivity contribution in [2.75, 3.05) is 40.6 Å². The van der Waals surface area contributed by atoms with E-state index in [1.54, 1.807) is 14.2 Å². The quantitative estimate of drug-likeness (QED) is 0.148. The standard InChI is InChI=1S/C34H30O4/c1-35-19-21-37-33-27-15-7-3-11-23(27)31(24-12-4-8-16-28(24)33)32-25-13-5-9-17-29(25)34(38-22-20-36-2)30-18-10-6-14-26(30)32/h3-18H,19-22H2,1-2H3. The largest absolute Gasteiger partial charge is 0.490 e. The molecule has 0 aromatic heterocycles. The monoisotopic (exact) mass is 502 g/mol. The molecular formula is C34H30O4. The van der Waals surface area contributed by atoms with Crippen molar-refractivity contribution in [2.45, 2.75) is 0 Å². The lowest BCUT2D eigenvalue weighted by atomic mass is 9.85. The molecule has 6 aromatic carbocycles. The van der Waals surface area contributed by atoms with Gasteiger partial charge in [-0.15, -0.1) is 0 Å². The van der Waals surface area contributed by atoms with Gasteiger partial charge in [-0.25, -0.2) is 0 Å². The molecule has 0 saturated carbocycles. The summed E-state index contributed by atoms with van der Waals surface area (Å²) in [6.45, 7) is 2.04. The van der Waals surface area contributed by atoms with Crippen molar-refractivity contribution in [2.24, 2.45) is 0 Å². The van der Waals surface area contributed by atoms with Gasteiger partial charge in [-0.3, -0.25) is 0 Å². The zero-order chi connectivity index (χ0) is 25.9. The fourth-order valence-electron chi connectivity index (χ4n) is 5.48. The molecule has 38 heavy (non-hydrogen) atoms. The van der Waals surface area contributed by atoms with Gasteiger partial charge in [0.25, 0.3) is 0 Å². The highest BCUT2D eigenvalue weighted by molar-refractivity contribution is 6.26. The maximum absolute atomic E-state index is 6.36. The van der Waals surface area contributed by atoms with Gasteiger partial charge in [0.2, 0.25) is 0 Å². The maximum atomic E-state index is 6.36. The summed E-state index contributed by atoms with van der Waals surface area (Å²) >= 11 is 0. The molecule has 0 fully saturated rings. The second-order valence-corrected chi connectivity index (χ2v) is 9.27. The number of benzene rings is 6. The molecule has 4 heteroatoms. The number of hydrogen-bond donors (Lipinski definition) is 0. The first kappa shape index (κ1) is 24.2. The molecule has 0 aliphatic rings. The van der Waals surface area contributed by atoms with Crippen LogP contribution in [-0.4, -0.2) is 40.6 Å². The third-order valence-corrected chi connectivity index (χ3v) is 7.08. The first-order chi connectivity index (χ1) is 18.8. The van der Waals surface area contributed by atoms with Gasteiger partial charge in [-0.2, -0.15) is 0 Å². The van der Waals surface area contributed by atoms with Crippen LogP contribution >= 0.6 is 0 Å². The molecule has 0 N–H and O–H groups in total. The van der Waals surface area contributed by atoms with Gasteiger partial charge < -0.3 is 18.9 Å². The topological polar surface area (TPSA) is 36.9 Å². The average molecular weight is 503 g/mol. The third kappa shape index (κ3) is 4.12. The van der Waals surface area contributed by atoms with Crippen molar-refractivity contribution in [3.8, 4) is 22.6 Å². The zero-order valence-corrected chi connectivity index (χ0v) is 21.7. The molecule has 0 aliphatic heterocycles. The third-order valence-electron chi connectivity index (χ3n) is 7.08. The summed E-state index contributed by atoms with van der Waals surface area (Å²) in [5.74, 6) is 1.79. The maximum Gasteiger partial charge on any atom is 0.135 e. The van der Waals surface area contributed by atoms with Crippen molar-refractivity contribution >= 4 is 43.1 Å². The fourth-order valence-corrected chi connectivity index (χ4v) is 5.48. The average Bonchev–Trinajstić information content (AvgIpc) is 2.97. The van der Waals surface area contributed by atoms with Gasteiger partial charge in [0.1, 0.15) is 24.7 Å². The van der Waals surface area contributed by atoms with E-state index in [1.807, 2.05) is 0 Å². The highest BCUT2D eigenvalue weighted by Gasteiger charge is 2.22. The van der Waals surface area contributed by atoms with Crippen LogP contribution in [0, 0.1) is 0 Å². The van der Waals surface area contributed by atoms with E-state index in [9.17, 15) is 0 Å². The van der Waals surface area contributed by atoms with E-state index in [4.69, 9.17) is 18.9 Å². The van der Waals surface area contributed by atoms with Crippen LogP contribution in [0.4, 0.5) is 0 Å². The molecule has 0 heterocycles. The van der Waals surface area contributed by atoms with E-state index >= 15 is 0 Å². The Hall–Kier alpha value is -4.12. The number of methoxy groups -OCH3 is 2. The first-order valence-corrected chi connectivity index (χ1v) is 12.9. The molecule has 190 valence electrons. The van der Waals surface area contributed by atoms with Crippen LogP contribution < -0.4 is 9.47 Å². The van der Waals surface area contributed by atoms with Crippen molar-refractivity contribution in [3.63, 3.8) is 0 Å². The molecule has 4 nitrogen and oxygen atoms in total. The van der Waals surface area contributed by atoms with Crippen molar-refractivity contribution < 1.29 is 18.9 Å². The fraction of sp³-hybridized carbons (Fsp3) is 0.176. The predicted molar refractivity (Wildman–Crippen MR) is 157 cm³/mol. The Morgan fingerprint density at radius 3 is 0.895 bits per heavy atom. The van der Waals surface area contributed by atoms with E-state index < -0.39 is 0 Å². The molecule has 0 atom stereocenters. The highest BCUT2D eigenvalue weighted by atomic mass is 16.5. The summed E-state index contributed by atoms with van der Waals surface area (Å²) in [7, 11) is 3.39. The Morgan fingerprint density at radius 2 is 0.632 bits per heavy atom. The first-order valence-electron chi connectivity index (χ1n) is 12.9. The molecule has 0 radical (unpaired) electrons. The lowest BCUT2D eigenvalue weighted by Crippen LogP contribution is -2.06. The van der Waals surface area contributed by atoms with Crippen LogP contribution in [0.3, 0.4) is 0 Å². The summed E-state index contributed by atoms with van der Waals surface area (Å²) in [5, 5.41) is 8.97. The molecule has 0 amide bonds. The van der Waals surface area contributed by atoms with Gasteiger partial charge >= 0.3 is 0 Å². The Balaban J connectivity index is 1.75. The second kappa shape index (κ2) is 10.7. The van der Waals surface area contributed by atoms with E-state index in [-0.39, 0.29) is 0 Å². The van der Waals surface area contributed by atoms with Gasteiger partial charge in [-0.1, -0.05) is 97.1 Å². The smallest absolute Gasteiger partial charge is 0.135 e. The summed E-state index contributed by atoms with van der Waals surface area (Å²) in [4.78, 5) is 0. The van der Waals surface area contributed by atoms with Gasteiger partial charge in [-0.05, 0) is 32.7 Å². The number of ether oxygens (including phenoxy) is 4. The summed E-state index contributed by atoms with van der Waals surface area (Å²) in [6, 6.07) is 34.1. The van der Waals surface area contributed by atoms with E-state index in [1.165, 1.54) is 11.1 Å². The molecule has 0 saturated heterocycles. The molecule has 0 spiro atoms. The SMILES string of the molecule is COCCOc1c2ccccc2c(-c2c3ccccc3c(OCCOC)c3ccccc23)c2ccccc12. The van der Waals surface area contributed by atoms with E-state index in [2.05, 4.69) is 97.1 Å². The minimum atomic E-state index is 0.489. The molecule has 0 unspecified atom stereocenters. The number of rotatable bonds is 9. The van der Waals surface area contributed by atoms with Crippen LogP contribution in [-0.2, 0) is 9.47 Å². The minimum absolute atomic E-state index is 0.489. The van der Waals surface area contributed by atoms with Gasteiger partial charge in [0.15, 0.2) is 0 Å². The highest BCUT2D eigenvalue weighted by Crippen LogP contribution is 2.49. The molecule has 0 aliphatic carbocycles. The molecular weight excluding hydrogens is 472 g/mol. The van der Waals surface area contributed by atoms with Crippen LogP contribution in [0.1, 0.15) is 0 Å². The molecule has 0 bridgehead atoms. The normalized spacial score (nSPS) is 11.5. The Kier molecular flexibility index (Phi) is 6.82. The summed E-state index contributed by atoms with van der Waals surface area (Å²) in [6.07, 6.45) is 0. The lowest BCUT2D eigenvalue weighted by Gasteiger charge is -2.21. The molecule has 6 rings (SSSR count). The second-order valence-electron chi connectivity index (χ2n) is 9.27. The summed E-state index contributed by atoms with van der Waals surface area (Å²) < 4.78 is 23.3. The predicted octanol–water partition coefficient (Wildman–Crippen LogP) is 8.02. The number of hydrogen-bond acceptors (Lipinski definition) is 4. The molecule has 6 aromatic rings. The van der Waals surface area contributed by atoms with Gasteiger partial charge in [0.05, 0.1) is 13.2 Å². The zero-order valence-electron chi connectivity index (χ0n) is 21.7. The number of fused-ring (bicyclic) bond motifs is 4. The van der Waals surface area contributed by atoms with Crippen molar-refractivity contribution in [1.82, 2.24) is 0 Å². The van der Waals surface area contributed by atoms with Gasteiger partial charge in [0, 0.05) is 35.8 Å².